The third kappa shape index (κ3) is 2.56. The Labute approximate surface area is 114 Å². The summed E-state index contributed by atoms with van der Waals surface area (Å²) in [7, 11) is 0. The number of hydrogen-bond donors (Lipinski definition) is 1. The maximum absolute atomic E-state index is 12.1. The molecule has 1 aromatic rings. The number of nitrogens with zero attached hydrogens (tertiary/aromatic N) is 1. The van der Waals surface area contributed by atoms with Gasteiger partial charge in [-0.1, -0.05) is 41.9 Å². The van der Waals surface area contributed by atoms with Gasteiger partial charge in [-0.2, -0.15) is 0 Å². The maximum atomic E-state index is 12.1. The van der Waals surface area contributed by atoms with Gasteiger partial charge in [0, 0.05) is 4.47 Å². The zero-order valence-corrected chi connectivity index (χ0v) is 11.9. The van der Waals surface area contributed by atoms with Crippen molar-refractivity contribution < 1.29 is 9.59 Å². The Morgan fingerprint density at radius 3 is 2.67 bits per heavy atom. The van der Waals surface area contributed by atoms with Crippen molar-refractivity contribution in [3.8, 4) is 0 Å². The Kier molecular flexibility index (Phi) is 3.71. The molecule has 0 spiro atoms. The van der Waals surface area contributed by atoms with Crippen LogP contribution in [0.25, 0.3) is 0 Å². The van der Waals surface area contributed by atoms with Gasteiger partial charge in [0.25, 0.3) is 5.91 Å². The largest absolute Gasteiger partial charge is 0.326 e. The third-order valence-electron chi connectivity index (χ3n) is 2.95. The fourth-order valence-corrected chi connectivity index (χ4v) is 2.41. The summed E-state index contributed by atoms with van der Waals surface area (Å²) in [6, 6.07) is 6.89. The molecule has 1 heterocycles. The number of carbonyl (C=O) groups excluding carboxylic acids is 2. The van der Waals surface area contributed by atoms with Crippen molar-refractivity contribution in [2.75, 3.05) is 0 Å². The summed E-state index contributed by atoms with van der Waals surface area (Å²) in [6.07, 6.45) is 0. The normalized spacial score (nSPS) is 19.6. The van der Waals surface area contributed by atoms with Gasteiger partial charge in [0.05, 0.1) is 6.54 Å². The molecule has 1 saturated heterocycles. The van der Waals surface area contributed by atoms with Crippen LogP contribution in [0.2, 0.25) is 0 Å². The van der Waals surface area contributed by atoms with Crippen molar-refractivity contribution in [3.05, 3.63) is 34.3 Å². The number of halogens is 1. The molecule has 1 N–H and O–H groups in total. The van der Waals surface area contributed by atoms with Gasteiger partial charge in [-0.05, 0) is 23.6 Å². The first-order chi connectivity index (χ1) is 8.49. The zero-order valence-electron chi connectivity index (χ0n) is 10.3. The van der Waals surface area contributed by atoms with Crippen molar-refractivity contribution in [2.45, 2.75) is 26.4 Å². The Morgan fingerprint density at radius 1 is 1.39 bits per heavy atom. The summed E-state index contributed by atoms with van der Waals surface area (Å²) in [5.74, 6) is -0.0380. The standard InChI is InChI=1S/C13H15BrN2O2/c1-8(2)11-12(17)16(13(18)15-11)7-9-4-3-5-10(14)6-9/h3-6,8,11H,7H2,1-2H3,(H,15,18)/t11-/m1/s1. The predicted molar refractivity (Wildman–Crippen MR) is 71.8 cm³/mol. The first kappa shape index (κ1) is 13.1. The van der Waals surface area contributed by atoms with Crippen LogP contribution in [0.3, 0.4) is 0 Å². The van der Waals surface area contributed by atoms with Gasteiger partial charge in [-0.25, -0.2) is 4.79 Å². The van der Waals surface area contributed by atoms with E-state index < -0.39 is 6.04 Å². The lowest BCUT2D eigenvalue weighted by Crippen LogP contribution is -2.34. The Morgan fingerprint density at radius 2 is 2.11 bits per heavy atom. The van der Waals surface area contributed by atoms with Crippen LogP contribution in [0.1, 0.15) is 19.4 Å². The summed E-state index contributed by atoms with van der Waals surface area (Å²) in [6.45, 7) is 4.16. The number of urea groups is 1. The van der Waals surface area contributed by atoms with E-state index in [9.17, 15) is 9.59 Å². The Hall–Kier alpha value is -1.36. The van der Waals surface area contributed by atoms with Crippen LogP contribution in [0.5, 0.6) is 0 Å². The van der Waals surface area contributed by atoms with Crippen LogP contribution < -0.4 is 5.32 Å². The average Bonchev–Trinajstić information content (AvgIpc) is 2.57. The highest BCUT2D eigenvalue weighted by Crippen LogP contribution is 2.18. The maximum Gasteiger partial charge on any atom is 0.325 e. The molecule has 1 aromatic carbocycles. The molecule has 1 aliphatic rings. The number of rotatable bonds is 3. The first-order valence-electron chi connectivity index (χ1n) is 5.85. The van der Waals surface area contributed by atoms with Crippen LogP contribution in [-0.2, 0) is 11.3 Å². The van der Waals surface area contributed by atoms with E-state index in [1.165, 1.54) is 4.90 Å². The van der Waals surface area contributed by atoms with Crippen molar-refractivity contribution in [2.24, 2.45) is 5.92 Å². The van der Waals surface area contributed by atoms with E-state index in [-0.39, 0.29) is 17.9 Å². The van der Waals surface area contributed by atoms with Crippen LogP contribution in [-0.4, -0.2) is 22.9 Å². The second kappa shape index (κ2) is 5.10. The molecule has 0 aromatic heterocycles. The molecule has 5 heteroatoms. The smallest absolute Gasteiger partial charge is 0.325 e. The molecule has 3 amide bonds. The molecule has 0 unspecified atom stereocenters. The fraction of sp³-hybridized carbons (Fsp3) is 0.385. The van der Waals surface area contributed by atoms with Crippen molar-refractivity contribution in [3.63, 3.8) is 0 Å². The van der Waals surface area contributed by atoms with E-state index in [1.807, 2.05) is 38.1 Å². The highest BCUT2D eigenvalue weighted by Gasteiger charge is 2.39. The van der Waals surface area contributed by atoms with Crippen LogP contribution >= 0.6 is 15.9 Å². The molecule has 1 fully saturated rings. The van der Waals surface area contributed by atoms with Crippen molar-refractivity contribution in [1.82, 2.24) is 10.2 Å². The molecule has 1 atom stereocenters. The minimum Gasteiger partial charge on any atom is -0.326 e. The lowest BCUT2D eigenvalue weighted by Gasteiger charge is -2.14. The number of benzene rings is 1. The topological polar surface area (TPSA) is 49.4 Å². The SMILES string of the molecule is CC(C)[C@H]1NC(=O)N(Cc2cccc(Br)c2)C1=O. The van der Waals surface area contributed by atoms with E-state index in [0.29, 0.717) is 6.54 Å². The minimum atomic E-state index is -0.398. The van der Waals surface area contributed by atoms with Crippen molar-refractivity contribution in [1.29, 1.82) is 0 Å². The number of amides is 3. The second-order valence-corrected chi connectivity index (χ2v) is 5.64. The van der Waals surface area contributed by atoms with Gasteiger partial charge in [-0.15, -0.1) is 0 Å². The molecule has 96 valence electrons. The fourth-order valence-electron chi connectivity index (χ4n) is 1.96. The van der Waals surface area contributed by atoms with Crippen molar-refractivity contribution >= 4 is 27.9 Å². The lowest BCUT2D eigenvalue weighted by atomic mass is 10.0. The Bertz CT molecular complexity index is 488. The first-order valence-corrected chi connectivity index (χ1v) is 6.64. The second-order valence-electron chi connectivity index (χ2n) is 4.73. The van der Waals surface area contributed by atoms with Gasteiger partial charge >= 0.3 is 6.03 Å². The molecule has 0 aliphatic carbocycles. The minimum absolute atomic E-state index is 0.106. The predicted octanol–water partition coefficient (Wildman–Crippen LogP) is 2.53. The monoisotopic (exact) mass is 310 g/mol. The quantitative estimate of drug-likeness (QED) is 0.872. The van der Waals surface area contributed by atoms with Gasteiger partial charge in [-0.3, -0.25) is 9.69 Å². The third-order valence-corrected chi connectivity index (χ3v) is 3.45. The van der Waals surface area contributed by atoms with E-state index in [4.69, 9.17) is 0 Å². The average molecular weight is 311 g/mol. The molecule has 0 bridgehead atoms. The van der Waals surface area contributed by atoms with Gasteiger partial charge < -0.3 is 5.32 Å². The van der Waals surface area contributed by atoms with E-state index >= 15 is 0 Å². The molecule has 18 heavy (non-hydrogen) atoms. The van der Waals surface area contributed by atoms with E-state index in [2.05, 4.69) is 21.2 Å². The number of carbonyl (C=O) groups is 2. The summed E-state index contributed by atoms with van der Waals surface area (Å²) >= 11 is 3.37. The van der Waals surface area contributed by atoms with Crippen LogP contribution in [0.15, 0.2) is 28.7 Å². The van der Waals surface area contributed by atoms with Gasteiger partial charge in [0.15, 0.2) is 0 Å². The summed E-state index contributed by atoms with van der Waals surface area (Å²) in [5, 5.41) is 2.71. The summed E-state index contributed by atoms with van der Waals surface area (Å²) < 4.78 is 0.937. The molecule has 0 saturated carbocycles. The summed E-state index contributed by atoms with van der Waals surface area (Å²) in [4.78, 5) is 25.1. The molecular weight excluding hydrogens is 296 g/mol. The Balaban J connectivity index is 2.15. The lowest BCUT2D eigenvalue weighted by molar-refractivity contribution is -0.128. The molecule has 2 rings (SSSR count). The van der Waals surface area contributed by atoms with E-state index in [0.717, 1.165) is 10.0 Å². The number of imide groups is 1. The van der Waals surface area contributed by atoms with E-state index in [1.54, 1.807) is 0 Å². The zero-order chi connectivity index (χ0) is 13.3. The number of nitrogens with one attached hydrogen (secondary N) is 1. The van der Waals surface area contributed by atoms with Gasteiger partial charge in [0.2, 0.25) is 0 Å². The molecule has 0 radical (unpaired) electrons. The van der Waals surface area contributed by atoms with Crippen LogP contribution in [0, 0.1) is 5.92 Å². The van der Waals surface area contributed by atoms with Crippen LogP contribution in [0.4, 0.5) is 4.79 Å². The summed E-state index contributed by atoms with van der Waals surface area (Å²) in [5.41, 5.74) is 0.928. The molecular formula is C13H15BrN2O2. The molecule has 1 aliphatic heterocycles. The van der Waals surface area contributed by atoms with Gasteiger partial charge in [0.1, 0.15) is 6.04 Å². The highest BCUT2D eigenvalue weighted by molar-refractivity contribution is 9.10. The molecule has 4 nitrogen and oxygen atoms in total. The highest BCUT2D eigenvalue weighted by atomic mass is 79.9. The number of hydrogen-bond acceptors (Lipinski definition) is 2.